The second kappa shape index (κ2) is 8.65. The molecule has 0 saturated carbocycles. The summed E-state index contributed by atoms with van der Waals surface area (Å²) in [5.41, 5.74) is 3.27. The smallest absolute Gasteiger partial charge is 0.410 e. The van der Waals surface area contributed by atoms with Gasteiger partial charge in [-0.05, 0) is 57.0 Å². The fourth-order valence-electron chi connectivity index (χ4n) is 4.01. The van der Waals surface area contributed by atoms with E-state index in [0.29, 0.717) is 25.2 Å². The third-order valence-electron chi connectivity index (χ3n) is 5.76. The minimum atomic E-state index is -0.526. The lowest BCUT2D eigenvalue weighted by atomic mass is 10.1. The molecule has 1 unspecified atom stereocenters. The SMILES string of the molecule is CN(C(=O)c1ccc(Cn2cnc3ccccc32)cc1)C1CCN(C(=O)OC(C)(C)C)C1. The Balaban J connectivity index is 1.38. The molecule has 1 atom stereocenters. The second-order valence-corrected chi connectivity index (χ2v) is 9.34. The summed E-state index contributed by atoms with van der Waals surface area (Å²) in [5.74, 6) is -0.0410. The highest BCUT2D eigenvalue weighted by molar-refractivity contribution is 5.94. The van der Waals surface area contributed by atoms with E-state index in [0.717, 1.165) is 23.0 Å². The molecule has 3 aromatic rings. The van der Waals surface area contributed by atoms with Gasteiger partial charge in [-0.2, -0.15) is 0 Å². The zero-order valence-electron chi connectivity index (χ0n) is 19.1. The van der Waals surface area contributed by atoms with Gasteiger partial charge < -0.3 is 19.1 Å². The first-order valence-electron chi connectivity index (χ1n) is 11.0. The molecule has 1 aliphatic heterocycles. The quantitative estimate of drug-likeness (QED) is 0.618. The molecule has 0 bridgehead atoms. The van der Waals surface area contributed by atoms with Crippen molar-refractivity contribution in [1.82, 2.24) is 19.4 Å². The highest BCUT2D eigenvalue weighted by atomic mass is 16.6. The molecule has 4 rings (SSSR count). The molecule has 0 spiro atoms. The molecule has 0 radical (unpaired) electrons. The number of nitrogens with zero attached hydrogens (tertiary/aromatic N) is 4. The number of hydrogen-bond donors (Lipinski definition) is 0. The molecular formula is C25H30N4O3. The Morgan fingerprint density at radius 1 is 1.12 bits per heavy atom. The number of likely N-dealkylation sites (N-methyl/N-ethyl adjacent to an activating group) is 1. The summed E-state index contributed by atoms with van der Waals surface area (Å²) in [6, 6.07) is 15.7. The van der Waals surface area contributed by atoms with Crippen molar-refractivity contribution >= 4 is 23.0 Å². The van der Waals surface area contributed by atoms with Gasteiger partial charge >= 0.3 is 6.09 Å². The molecule has 0 N–H and O–H groups in total. The van der Waals surface area contributed by atoms with Crippen LogP contribution in [0.4, 0.5) is 4.79 Å². The first-order valence-corrected chi connectivity index (χ1v) is 11.0. The Labute approximate surface area is 188 Å². The maximum atomic E-state index is 13.0. The number of fused-ring (bicyclic) bond motifs is 1. The fourth-order valence-corrected chi connectivity index (χ4v) is 4.01. The normalized spacial score (nSPS) is 16.4. The van der Waals surface area contributed by atoms with E-state index in [-0.39, 0.29) is 18.0 Å². The summed E-state index contributed by atoms with van der Waals surface area (Å²) in [4.78, 5) is 33.2. The van der Waals surface area contributed by atoms with Crippen LogP contribution >= 0.6 is 0 Å². The van der Waals surface area contributed by atoms with Crippen molar-refractivity contribution in [3.8, 4) is 0 Å². The highest BCUT2D eigenvalue weighted by Crippen LogP contribution is 2.20. The maximum absolute atomic E-state index is 13.0. The predicted molar refractivity (Wildman–Crippen MR) is 124 cm³/mol. The molecule has 1 aromatic heterocycles. The molecule has 1 fully saturated rings. The van der Waals surface area contributed by atoms with E-state index < -0.39 is 5.60 Å². The first-order chi connectivity index (χ1) is 15.2. The summed E-state index contributed by atoms with van der Waals surface area (Å²) in [5, 5.41) is 0. The lowest BCUT2D eigenvalue weighted by Gasteiger charge is -2.27. The number of carbonyl (C=O) groups is 2. The van der Waals surface area contributed by atoms with Gasteiger partial charge in [-0.1, -0.05) is 24.3 Å². The van der Waals surface area contributed by atoms with Crippen LogP contribution < -0.4 is 0 Å². The van der Waals surface area contributed by atoms with Crippen LogP contribution in [-0.4, -0.2) is 63.1 Å². The average molecular weight is 435 g/mol. The van der Waals surface area contributed by atoms with Gasteiger partial charge in [-0.25, -0.2) is 9.78 Å². The number of carbonyl (C=O) groups excluding carboxylic acids is 2. The number of likely N-dealkylation sites (tertiary alicyclic amines) is 1. The van der Waals surface area contributed by atoms with Gasteiger partial charge in [0.25, 0.3) is 5.91 Å². The number of hydrogen-bond acceptors (Lipinski definition) is 4. The van der Waals surface area contributed by atoms with Crippen molar-refractivity contribution in [2.45, 2.75) is 45.4 Å². The van der Waals surface area contributed by atoms with Crippen molar-refractivity contribution < 1.29 is 14.3 Å². The molecule has 7 heteroatoms. The van der Waals surface area contributed by atoms with Gasteiger partial charge in [0.15, 0.2) is 0 Å². The molecule has 32 heavy (non-hydrogen) atoms. The van der Waals surface area contributed by atoms with E-state index in [1.807, 2.05) is 69.6 Å². The molecule has 2 aromatic carbocycles. The molecular weight excluding hydrogens is 404 g/mol. The second-order valence-electron chi connectivity index (χ2n) is 9.34. The third kappa shape index (κ3) is 4.77. The highest BCUT2D eigenvalue weighted by Gasteiger charge is 2.33. The Hall–Kier alpha value is -3.35. The average Bonchev–Trinajstić information content (AvgIpc) is 3.40. The van der Waals surface area contributed by atoms with Crippen LogP contribution in [-0.2, 0) is 11.3 Å². The Morgan fingerprint density at radius 2 is 1.84 bits per heavy atom. The van der Waals surface area contributed by atoms with Crippen molar-refractivity contribution in [1.29, 1.82) is 0 Å². The minimum absolute atomic E-state index is 0.0213. The summed E-state index contributed by atoms with van der Waals surface area (Å²) in [6.07, 6.45) is 2.26. The van der Waals surface area contributed by atoms with E-state index in [1.165, 1.54) is 0 Å². The van der Waals surface area contributed by atoms with E-state index in [1.54, 1.807) is 16.8 Å². The molecule has 2 heterocycles. The summed E-state index contributed by atoms with van der Waals surface area (Å²) in [6.45, 7) is 7.34. The summed E-state index contributed by atoms with van der Waals surface area (Å²) in [7, 11) is 1.80. The summed E-state index contributed by atoms with van der Waals surface area (Å²) >= 11 is 0. The zero-order chi connectivity index (χ0) is 22.9. The van der Waals surface area contributed by atoms with E-state index >= 15 is 0 Å². The van der Waals surface area contributed by atoms with Crippen LogP contribution in [0.3, 0.4) is 0 Å². The summed E-state index contributed by atoms with van der Waals surface area (Å²) < 4.78 is 7.55. The standard InChI is InChI=1S/C25H30N4O3/c1-25(2,3)32-24(31)28-14-13-20(16-28)27(4)23(30)19-11-9-18(10-12-19)15-29-17-26-21-7-5-6-8-22(21)29/h5-12,17,20H,13-16H2,1-4H3. The van der Waals surface area contributed by atoms with Gasteiger partial charge in [0.2, 0.25) is 0 Å². The van der Waals surface area contributed by atoms with Crippen LogP contribution in [0, 0.1) is 0 Å². The van der Waals surface area contributed by atoms with Crippen LogP contribution in [0.15, 0.2) is 54.9 Å². The van der Waals surface area contributed by atoms with Crippen LogP contribution in [0.2, 0.25) is 0 Å². The Morgan fingerprint density at radius 3 is 2.56 bits per heavy atom. The van der Waals surface area contributed by atoms with Crippen molar-refractivity contribution in [3.05, 3.63) is 66.0 Å². The maximum Gasteiger partial charge on any atom is 0.410 e. The van der Waals surface area contributed by atoms with Crippen LogP contribution in [0.5, 0.6) is 0 Å². The van der Waals surface area contributed by atoms with Gasteiger partial charge in [0.1, 0.15) is 5.60 Å². The monoisotopic (exact) mass is 434 g/mol. The van der Waals surface area contributed by atoms with E-state index in [2.05, 4.69) is 15.6 Å². The zero-order valence-corrected chi connectivity index (χ0v) is 19.1. The largest absolute Gasteiger partial charge is 0.444 e. The lowest BCUT2D eigenvalue weighted by molar-refractivity contribution is 0.0279. The topological polar surface area (TPSA) is 67.7 Å². The number of para-hydroxylation sites is 2. The molecule has 2 amide bonds. The molecule has 168 valence electrons. The predicted octanol–water partition coefficient (Wildman–Crippen LogP) is 4.17. The third-order valence-corrected chi connectivity index (χ3v) is 5.76. The minimum Gasteiger partial charge on any atom is -0.444 e. The van der Waals surface area contributed by atoms with Crippen molar-refractivity contribution in [2.75, 3.05) is 20.1 Å². The molecule has 1 saturated heterocycles. The molecule has 7 nitrogen and oxygen atoms in total. The van der Waals surface area contributed by atoms with Crippen molar-refractivity contribution in [2.24, 2.45) is 0 Å². The Kier molecular flexibility index (Phi) is 5.91. The fraction of sp³-hybridized carbons (Fsp3) is 0.400. The molecule has 0 aliphatic carbocycles. The van der Waals surface area contributed by atoms with Gasteiger partial charge in [-0.3, -0.25) is 4.79 Å². The van der Waals surface area contributed by atoms with Gasteiger partial charge in [0.05, 0.1) is 23.4 Å². The molecule has 1 aliphatic rings. The Bertz CT molecular complexity index is 1110. The number of imidazole rings is 1. The van der Waals surface area contributed by atoms with E-state index in [4.69, 9.17) is 4.74 Å². The number of ether oxygens (including phenoxy) is 1. The van der Waals surface area contributed by atoms with Gasteiger partial charge in [0, 0.05) is 32.2 Å². The van der Waals surface area contributed by atoms with Crippen molar-refractivity contribution in [3.63, 3.8) is 0 Å². The number of amides is 2. The number of rotatable bonds is 4. The number of benzene rings is 2. The lowest BCUT2D eigenvalue weighted by Crippen LogP contribution is -2.41. The first kappa shape index (κ1) is 21.9. The van der Waals surface area contributed by atoms with E-state index in [9.17, 15) is 9.59 Å². The van der Waals surface area contributed by atoms with Crippen LogP contribution in [0.25, 0.3) is 11.0 Å². The van der Waals surface area contributed by atoms with Crippen LogP contribution in [0.1, 0.15) is 43.1 Å². The van der Waals surface area contributed by atoms with Gasteiger partial charge in [-0.15, -0.1) is 0 Å². The number of aromatic nitrogens is 2.